The van der Waals surface area contributed by atoms with E-state index in [0.29, 0.717) is 12.3 Å². The van der Waals surface area contributed by atoms with Crippen LogP contribution >= 0.6 is 0 Å². The fraction of sp³-hybridized carbons (Fsp3) is 0.167. The maximum atomic E-state index is 13.6. The number of aromatic nitrogens is 2. The van der Waals surface area contributed by atoms with Crippen molar-refractivity contribution in [2.45, 2.75) is 13.5 Å². The first-order valence-electron chi connectivity index (χ1n) is 5.33. The number of hydrogen-bond acceptors (Lipinski definition) is 3. The third-order valence-corrected chi connectivity index (χ3v) is 2.34. The Morgan fingerprint density at radius 1 is 1.56 bits per heavy atom. The lowest BCUT2D eigenvalue weighted by molar-refractivity contribution is 0.0696. The Hall–Kier alpha value is -2.37. The predicted octanol–water partition coefficient (Wildman–Crippen LogP) is 2.53. The minimum Gasteiger partial charge on any atom is -0.478 e. The Morgan fingerprint density at radius 2 is 2.33 bits per heavy atom. The number of rotatable bonds is 4. The van der Waals surface area contributed by atoms with Gasteiger partial charge >= 0.3 is 5.97 Å². The van der Waals surface area contributed by atoms with Crippen molar-refractivity contribution in [1.82, 2.24) is 9.78 Å². The molecule has 0 saturated heterocycles. The van der Waals surface area contributed by atoms with Gasteiger partial charge in [-0.05, 0) is 25.1 Å². The minimum absolute atomic E-state index is 0.0318. The van der Waals surface area contributed by atoms with Crippen molar-refractivity contribution in [3.8, 4) is 11.5 Å². The number of halogens is 1. The van der Waals surface area contributed by atoms with Crippen LogP contribution in [0.25, 0.3) is 0 Å². The predicted molar refractivity (Wildman–Crippen MR) is 61.3 cm³/mol. The number of carbonyl (C=O) groups is 1. The van der Waals surface area contributed by atoms with Gasteiger partial charge in [0.2, 0.25) is 0 Å². The number of benzene rings is 1. The van der Waals surface area contributed by atoms with E-state index in [0.717, 1.165) is 6.07 Å². The van der Waals surface area contributed by atoms with Gasteiger partial charge in [0.15, 0.2) is 17.3 Å². The van der Waals surface area contributed by atoms with Gasteiger partial charge < -0.3 is 9.84 Å². The molecule has 18 heavy (non-hydrogen) atoms. The molecule has 2 rings (SSSR count). The summed E-state index contributed by atoms with van der Waals surface area (Å²) < 4.78 is 20.5. The highest BCUT2D eigenvalue weighted by molar-refractivity contribution is 5.87. The second kappa shape index (κ2) is 4.87. The monoisotopic (exact) mass is 250 g/mol. The van der Waals surface area contributed by atoms with Crippen LogP contribution in [0.15, 0.2) is 30.6 Å². The van der Waals surface area contributed by atoms with E-state index in [1.807, 2.05) is 6.92 Å². The molecule has 0 aliphatic carbocycles. The van der Waals surface area contributed by atoms with Crippen LogP contribution in [0.1, 0.15) is 17.3 Å². The molecule has 0 bridgehead atoms. The largest absolute Gasteiger partial charge is 0.478 e. The van der Waals surface area contributed by atoms with E-state index in [1.165, 1.54) is 18.3 Å². The van der Waals surface area contributed by atoms with Gasteiger partial charge in [0, 0.05) is 6.54 Å². The molecule has 0 aliphatic rings. The number of aryl methyl sites for hydroxylation is 1. The van der Waals surface area contributed by atoms with Gasteiger partial charge in [-0.2, -0.15) is 5.10 Å². The summed E-state index contributed by atoms with van der Waals surface area (Å²) in [4.78, 5) is 10.6. The summed E-state index contributed by atoms with van der Waals surface area (Å²) in [6.07, 6.45) is 3.10. The summed E-state index contributed by atoms with van der Waals surface area (Å²) in [5, 5.41) is 12.7. The van der Waals surface area contributed by atoms with E-state index in [4.69, 9.17) is 9.84 Å². The Bertz CT molecular complexity index is 580. The molecular weight excluding hydrogens is 239 g/mol. The second-order valence-electron chi connectivity index (χ2n) is 3.58. The molecule has 1 aromatic carbocycles. The van der Waals surface area contributed by atoms with Crippen LogP contribution in [0.5, 0.6) is 11.5 Å². The normalized spacial score (nSPS) is 10.3. The molecule has 0 aliphatic heterocycles. The Balaban J connectivity index is 2.21. The summed E-state index contributed by atoms with van der Waals surface area (Å²) in [6.45, 7) is 2.60. The summed E-state index contributed by atoms with van der Waals surface area (Å²) in [7, 11) is 0. The molecule has 1 N–H and O–H groups in total. The number of carboxylic acids is 1. The average molecular weight is 250 g/mol. The number of ether oxygens (including phenoxy) is 1. The van der Waals surface area contributed by atoms with Gasteiger partial charge in [-0.3, -0.25) is 4.68 Å². The summed E-state index contributed by atoms with van der Waals surface area (Å²) in [5.41, 5.74) is -0.121. The number of hydrogen-bond donors (Lipinski definition) is 1. The molecule has 94 valence electrons. The molecule has 0 fully saturated rings. The van der Waals surface area contributed by atoms with Crippen molar-refractivity contribution in [2.75, 3.05) is 0 Å². The van der Waals surface area contributed by atoms with Crippen LogP contribution in [-0.2, 0) is 6.54 Å². The van der Waals surface area contributed by atoms with Crippen LogP contribution in [-0.4, -0.2) is 20.9 Å². The molecule has 0 radical (unpaired) electrons. The van der Waals surface area contributed by atoms with Crippen molar-refractivity contribution in [2.24, 2.45) is 0 Å². The Morgan fingerprint density at radius 3 is 2.89 bits per heavy atom. The molecular formula is C12H11FN2O3. The standard InChI is InChI=1S/C12H11FN2O3/c1-2-15-7-9(6-14-15)18-11-4-3-8(12(16)17)5-10(11)13/h3-7H,2H2,1H3,(H,16,17). The highest BCUT2D eigenvalue weighted by Crippen LogP contribution is 2.24. The van der Waals surface area contributed by atoms with Crippen molar-refractivity contribution >= 4 is 5.97 Å². The Labute approximate surface area is 102 Å². The van der Waals surface area contributed by atoms with E-state index < -0.39 is 11.8 Å². The second-order valence-corrected chi connectivity index (χ2v) is 3.58. The van der Waals surface area contributed by atoms with E-state index in [-0.39, 0.29) is 11.3 Å². The van der Waals surface area contributed by atoms with Gasteiger partial charge in [0.05, 0.1) is 18.0 Å². The lowest BCUT2D eigenvalue weighted by atomic mass is 10.2. The molecule has 1 heterocycles. The summed E-state index contributed by atoms with van der Waals surface area (Å²) in [6, 6.07) is 3.48. The van der Waals surface area contributed by atoms with Crippen LogP contribution < -0.4 is 4.74 Å². The SMILES string of the molecule is CCn1cc(Oc2ccc(C(=O)O)cc2F)cn1. The maximum Gasteiger partial charge on any atom is 0.335 e. The fourth-order valence-corrected chi connectivity index (χ4v) is 1.41. The molecule has 0 amide bonds. The van der Waals surface area contributed by atoms with E-state index >= 15 is 0 Å². The van der Waals surface area contributed by atoms with Crippen LogP contribution in [0.3, 0.4) is 0 Å². The first-order valence-corrected chi connectivity index (χ1v) is 5.33. The molecule has 5 nitrogen and oxygen atoms in total. The van der Waals surface area contributed by atoms with Crippen LogP contribution in [0.4, 0.5) is 4.39 Å². The lowest BCUT2D eigenvalue weighted by Gasteiger charge is -2.04. The summed E-state index contributed by atoms with van der Waals surface area (Å²) in [5.74, 6) is -1.53. The lowest BCUT2D eigenvalue weighted by Crippen LogP contribution is -1.97. The molecule has 0 unspecified atom stereocenters. The van der Waals surface area contributed by atoms with Crippen molar-refractivity contribution in [1.29, 1.82) is 0 Å². The van der Waals surface area contributed by atoms with Gasteiger partial charge in [0.25, 0.3) is 0 Å². The van der Waals surface area contributed by atoms with Crippen LogP contribution in [0.2, 0.25) is 0 Å². The minimum atomic E-state index is -1.18. The molecule has 0 atom stereocenters. The first-order chi connectivity index (χ1) is 8.60. The van der Waals surface area contributed by atoms with Crippen LogP contribution in [0, 0.1) is 5.82 Å². The van der Waals surface area contributed by atoms with Gasteiger partial charge in [-0.1, -0.05) is 0 Å². The average Bonchev–Trinajstić information content (AvgIpc) is 2.79. The van der Waals surface area contributed by atoms with Gasteiger partial charge in [0.1, 0.15) is 0 Å². The Kier molecular flexibility index (Phi) is 3.27. The zero-order valence-corrected chi connectivity index (χ0v) is 9.63. The highest BCUT2D eigenvalue weighted by atomic mass is 19.1. The number of nitrogens with zero attached hydrogens (tertiary/aromatic N) is 2. The molecule has 6 heteroatoms. The summed E-state index contributed by atoms with van der Waals surface area (Å²) >= 11 is 0. The van der Waals surface area contributed by atoms with Crippen molar-refractivity contribution in [3.05, 3.63) is 42.0 Å². The number of aromatic carboxylic acids is 1. The third kappa shape index (κ3) is 2.48. The quantitative estimate of drug-likeness (QED) is 0.905. The zero-order valence-electron chi connectivity index (χ0n) is 9.63. The van der Waals surface area contributed by atoms with E-state index in [9.17, 15) is 9.18 Å². The maximum absolute atomic E-state index is 13.6. The molecule has 1 aromatic heterocycles. The van der Waals surface area contributed by atoms with Gasteiger partial charge in [-0.25, -0.2) is 9.18 Å². The molecule has 2 aromatic rings. The third-order valence-electron chi connectivity index (χ3n) is 2.34. The molecule has 0 spiro atoms. The highest BCUT2D eigenvalue weighted by Gasteiger charge is 2.10. The number of carboxylic acid groups (broad SMARTS) is 1. The topological polar surface area (TPSA) is 64.3 Å². The fourth-order valence-electron chi connectivity index (χ4n) is 1.41. The van der Waals surface area contributed by atoms with Crippen molar-refractivity contribution < 1.29 is 19.0 Å². The smallest absolute Gasteiger partial charge is 0.335 e. The zero-order chi connectivity index (χ0) is 13.1. The first kappa shape index (κ1) is 12.1. The van der Waals surface area contributed by atoms with E-state index in [2.05, 4.69) is 5.10 Å². The molecule has 0 saturated carbocycles. The van der Waals surface area contributed by atoms with Gasteiger partial charge in [-0.15, -0.1) is 0 Å². The van der Waals surface area contributed by atoms with E-state index in [1.54, 1.807) is 10.9 Å². The van der Waals surface area contributed by atoms with Crippen molar-refractivity contribution in [3.63, 3.8) is 0 Å².